The maximum atomic E-state index is 13.0. The van der Waals surface area contributed by atoms with E-state index in [4.69, 9.17) is 14.2 Å². The minimum absolute atomic E-state index is 0.107. The lowest BCUT2D eigenvalue weighted by Crippen LogP contribution is -2.33. The van der Waals surface area contributed by atoms with Crippen molar-refractivity contribution in [2.75, 3.05) is 34.5 Å². The number of carbonyl (C=O) groups excluding carboxylic acids is 1. The number of ether oxygens (including phenoxy) is 3. The molecule has 0 N–H and O–H groups in total. The first-order valence-corrected chi connectivity index (χ1v) is 8.15. The molecular weight excluding hydrogens is 314 g/mol. The fraction of sp³-hybridized carbons (Fsp3) is 0.353. The normalized spacial score (nSPS) is 10.4. The average Bonchev–Trinajstić information content (AvgIpc) is 3.10. The van der Waals surface area contributed by atoms with E-state index in [0.29, 0.717) is 36.8 Å². The second-order valence-electron chi connectivity index (χ2n) is 4.89. The van der Waals surface area contributed by atoms with Gasteiger partial charge in [-0.15, -0.1) is 0 Å². The fourth-order valence-corrected chi connectivity index (χ4v) is 2.94. The van der Waals surface area contributed by atoms with Crippen molar-refractivity contribution in [3.8, 4) is 11.5 Å². The zero-order valence-corrected chi connectivity index (χ0v) is 14.4. The molecule has 1 aromatic carbocycles. The molecule has 0 spiro atoms. The minimum atomic E-state index is -0.107. The van der Waals surface area contributed by atoms with Crippen LogP contribution in [0.4, 0.5) is 0 Å². The zero-order valence-electron chi connectivity index (χ0n) is 13.6. The molecule has 1 aromatic heterocycles. The van der Waals surface area contributed by atoms with Gasteiger partial charge >= 0.3 is 0 Å². The molecule has 124 valence electrons. The Balaban J connectivity index is 2.29. The van der Waals surface area contributed by atoms with E-state index in [9.17, 15) is 4.79 Å². The molecule has 0 aliphatic carbocycles. The molecule has 0 aliphatic heterocycles. The number of benzene rings is 1. The van der Waals surface area contributed by atoms with E-state index in [1.807, 2.05) is 16.8 Å². The maximum absolute atomic E-state index is 13.0. The fourth-order valence-electron chi connectivity index (χ4n) is 2.28. The van der Waals surface area contributed by atoms with Gasteiger partial charge in [0, 0.05) is 20.2 Å². The van der Waals surface area contributed by atoms with Crippen molar-refractivity contribution in [3.63, 3.8) is 0 Å². The summed E-state index contributed by atoms with van der Waals surface area (Å²) in [6.45, 7) is 1.51. The smallest absolute Gasteiger partial charge is 0.258 e. The molecule has 23 heavy (non-hydrogen) atoms. The lowest BCUT2D eigenvalue weighted by molar-refractivity contribution is 0.0676. The second kappa shape index (κ2) is 8.55. The van der Waals surface area contributed by atoms with Gasteiger partial charge < -0.3 is 19.1 Å². The van der Waals surface area contributed by atoms with Gasteiger partial charge in [-0.3, -0.25) is 4.79 Å². The summed E-state index contributed by atoms with van der Waals surface area (Å²) < 4.78 is 15.8. The van der Waals surface area contributed by atoms with Gasteiger partial charge in [-0.05, 0) is 34.5 Å². The molecular formula is C17H21NO4S. The third-order valence-electron chi connectivity index (χ3n) is 3.44. The summed E-state index contributed by atoms with van der Waals surface area (Å²) in [6, 6.07) is 7.32. The van der Waals surface area contributed by atoms with Gasteiger partial charge in [0.05, 0.1) is 26.4 Å². The van der Waals surface area contributed by atoms with Crippen molar-refractivity contribution in [2.45, 2.75) is 6.54 Å². The van der Waals surface area contributed by atoms with Crippen LogP contribution in [-0.2, 0) is 11.3 Å². The van der Waals surface area contributed by atoms with Gasteiger partial charge in [0.2, 0.25) is 0 Å². The lowest BCUT2D eigenvalue weighted by atomic mass is 10.1. The van der Waals surface area contributed by atoms with Crippen LogP contribution in [0, 0.1) is 0 Å². The number of rotatable bonds is 8. The number of hydrogen-bond donors (Lipinski definition) is 0. The van der Waals surface area contributed by atoms with Crippen LogP contribution >= 0.6 is 11.3 Å². The summed E-state index contributed by atoms with van der Waals surface area (Å²) in [5.41, 5.74) is 1.58. The summed E-state index contributed by atoms with van der Waals surface area (Å²) in [5.74, 6) is 0.886. The van der Waals surface area contributed by atoms with Crippen molar-refractivity contribution in [1.29, 1.82) is 0 Å². The predicted molar refractivity (Wildman–Crippen MR) is 90.5 cm³/mol. The Kier molecular flexibility index (Phi) is 6.43. The standard InChI is InChI=1S/C17H21NO4S/c1-20-9-8-18(11-13-7-10-23-12-13)17(19)14-5-4-6-15(21-2)16(14)22-3/h4-7,10,12H,8-9,11H2,1-3H3. The van der Waals surface area contributed by atoms with Crippen molar-refractivity contribution in [1.82, 2.24) is 4.90 Å². The van der Waals surface area contributed by atoms with Crippen molar-refractivity contribution < 1.29 is 19.0 Å². The van der Waals surface area contributed by atoms with Crippen molar-refractivity contribution in [3.05, 3.63) is 46.2 Å². The number of methoxy groups -OCH3 is 3. The van der Waals surface area contributed by atoms with Crippen LogP contribution in [0.3, 0.4) is 0 Å². The Hall–Kier alpha value is -2.05. The summed E-state index contributed by atoms with van der Waals surface area (Å²) in [6.07, 6.45) is 0. The van der Waals surface area contributed by atoms with Crippen LogP contribution in [0.1, 0.15) is 15.9 Å². The summed E-state index contributed by atoms with van der Waals surface area (Å²) in [7, 11) is 4.71. The molecule has 0 saturated carbocycles. The Morgan fingerprint density at radius 3 is 2.61 bits per heavy atom. The molecule has 0 radical (unpaired) electrons. The van der Waals surface area contributed by atoms with Crippen LogP contribution < -0.4 is 9.47 Å². The van der Waals surface area contributed by atoms with Crippen LogP contribution in [0.5, 0.6) is 11.5 Å². The van der Waals surface area contributed by atoms with E-state index in [1.54, 1.807) is 48.7 Å². The minimum Gasteiger partial charge on any atom is -0.493 e. The van der Waals surface area contributed by atoms with E-state index in [1.165, 1.54) is 7.11 Å². The number of para-hydroxylation sites is 1. The van der Waals surface area contributed by atoms with Gasteiger partial charge in [-0.25, -0.2) is 0 Å². The van der Waals surface area contributed by atoms with Gasteiger partial charge in [-0.1, -0.05) is 6.07 Å². The molecule has 2 aromatic rings. The van der Waals surface area contributed by atoms with E-state index >= 15 is 0 Å². The predicted octanol–water partition coefficient (Wildman–Crippen LogP) is 3.05. The molecule has 0 unspecified atom stereocenters. The first-order chi connectivity index (χ1) is 11.2. The topological polar surface area (TPSA) is 48.0 Å². The molecule has 0 atom stereocenters. The molecule has 0 aliphatic rings. The molecule has 0 fully saturated rings. The van der Waals surface area contributed by atoms with E-state index in [0.717, 1.165) is 5.56 Å². The van der Waals surface area contributed by atoms with Crippen LogP contribution in [-0.4, -0.2) is 45.3 Å². The molecule has 1 amide bonds. The molecule has 1 heterocycles. The highest BCUT2D eigenvalue weighted by Gasteiger charge is 2.22. The van der Waals surface area contributed by atoms with E-state index in [-0.39, 0.29) is 5.91 Å². The quantitative estimate of drug-likeness (QED) is 0.744. The monoisotopic (exact) mass is 335 g/mol. The highest BCUT2D eigenvalue weighted by Crippen LogP contribution is 2.31. The number of thiophene rings is 1. The number of hydrogen-bond acceptors (Lipinski definition) is 5. The largest absolute Gasteiger partial charge is 0.493 e. The van der Waals surface area contributed by atoms with Gasteiger partial charge in [0.15, 0.2) is 11.5 Å². The van der Waals surface area contributed by atoms with E-state index < -0.39 is 0 Å². The van der Waals surface area contributed by atoms with Crippen molar-refractivity contribution in [2.24, 2.45) is 0 Å². The molecule has 0 saturated heterocycles. The second-order valence-corrected chi connectivity index (χ2v) is 5.67. The first kappa shape index (κ1) is 17.3. The highest BCUT2D eigenvalue weighted by molar-refractivity contribution is 7.07. The Morgan fingerprint density at radius 2 is 2.00 bits per heavy atom. The average molecular weight is 335 g/mol. The summed E-state index contributed by atoms with van der Waals surface area (Å²) in [5, 5.41) is 4.04. The van der Waals surface area contributed by atoms with Crippen LogP contribution in [0.25, 0.3) is 0 Å². The molecule has 6 heteroatoms. The first-order valence-electron chi connectivity index (χ1n) is 7.21. The van der Waals surface area contributed by atoms with E-state index in [2.05, 4.69) is 0 Å². The number of carbonyl (C=O) groups is 1. The Morgan fingerprint density at radius 1 is 1.17 bits per heavy atom. The van der Waals surface area contributed by atoms with Crippen LogP contribution in [0.2, 0.25) is 0 Å². The summed E-state index contributed by atoms with van der Waals surface area (Å²) >= 11 is 1.61. The number of nitrogens with zero attached hydrogens (tertiary/aromatic N) is 1. The Labute approximate surface area is 140 Å². The number of amides is 1. The van der Waals surface area contributed by atoms with Gasteiger partial charge in [0.25, 0.3) is 5.91 Å². The van der Waals surface area contributed by atoms with Gasteiger partial charge in [-0.2, -0.15) is 11.3 Å². The third kappa shape index (κ3) is 4.24. The van der Waals surface area contributed by atoms with Gasteiger partial charge in [0.1, 0.15) is 0 Å². The van der Waals surface area contributed by atoms with Crippen molar-refractivity contribution >= 4 is 17.2 Å². The molecule has 0 bridgehead atoms. The third-order valence-corrected chi connectivity index (χ3v) is 4.17. The highest BCUT2D eigenvalue weighted by atomic mass is 32.1. The lowest BCUT2D eigenvalue weighted by Gasteiger charge is -2.23. The molecule has 5 nitrogen and oxygen atoms in total. The SMILES string of the molecule is COCCN(Cc1ccsc1)C(=O)c1cccc(OC)c1OC. The summed E-state index contributed by atoms with van der Waals surface area (Å²) in [4.78, 5) is 14.7. The van der Waals surface area contributed by atoms with Crippen LogP contribution in [0.15, 0.2) is 35.0 Å². The maximum Gasteiger partial charge on any atom is 0.258 e. The molecule has 2 rings (SSSR count). The Bertz CT molecular complexity index is 628. The zero-order chi connectivity index (χ0) is 16.7.